The smallest absolute Gasteiger partial charge is 0.106 e. The van der Waals surface area contributed by atoms with Gasteiger partial charge in [-0.15, -0.1) is 0 Å². The molecule has 0 aliphatic heterocycles. The molecule has 2 aromatic rings. The lowest BCUT2D eigenvalue weighted by molar-refractivity contribution is 0.590. The average Bonchev–Trinajstić information content (AvgIpc) is 2.36. The van der Waals surface area contributed by atoms with Crippen LogP contribution in [0.3, 0.4) is 0 Å². The molecule has 2 nitrogen and oxygen atoms in total. The maximum absolute atomic E-state index is 4.97. The number of hydrogen-bond acceptors (Lipinski definition) is 2. The number of aliphatic imine (C=N–C) groups is 1. The fourth-order valence-corrected chi connectivity index (χ4v) is 2.59. The highest BCUT2D eigenvalue weighted by molar-refractivity contribution is 9.10. The summed E-state index contributed by atoms with van der Waals surface area (Å²) in [5.74, 6) is 0. The van der Waals surface area contributed by atoms with Crippen LogP contribution < -0.4 is 0 Å². The molecule has 110 valence electrons. The number of para-hydroxylation sites is 1. The van der Waals surface area contributed by atoms with Gasteiger partial charge in [-0.3, -0.25) is 4.99 Å². The summed E-state index contributed by atoms with van der Waals surface area (Å²) in [6.45, 7) is 10.7. The Morgan fingerprint density at radius 1 is 1.00 bits per heavy atom. The van der Waals surface area contributed by atoms with Crippen LogP contribution in [0.15, 0.2) is 46.0 Å². The van der Waals surface area contributed by atoms with Crippen molar-refractivity contribution in [2.75, 3.05) is 0 Å². The van der Waals surface area contributed by atoms with Crippen molar-refractivity contribution in [2.24, 2.45) is 10.4 Å². The highest BCUT2D eigenvalue weighted by Crippen LogP contribution is 2.29. The van der Waals surface area contributed by atoms with Crippen LogP contribution in [0.4, 0.5) is 5.69 Å². The minimum absolute atomic E-state index is 0.0808. The highest BCUT2D eigenvalue weighted by atomic mass is 79.9. The standard InChI is InChI=1S/C18H21BrN2/c1-12-8-6-9-13(2)16(12)21-17(18(3,4)5)14-10-7-11-15(19)20-14/h6-11H,1-5H3. The number of aromatic nitrogens is 1. The summed E-state index contributed by atoms with van der Waals surface area (Å²) in [4.78, 5) is 9.55. The third kappa shape index (κ3) is 3.79. The molecule has 0 aliphatic rings. The van der Waals surface area contributed by atoms with E-state index in [9.17, 15) is 0 Å². The van der Waals surface area contributed by atoms with Crippen LogP contribution in [0, 0.1) is 19.3 Å². The quantitative estimate of drug-likeness (QED) is 0.512. The monoisotopic (exact) mass is 344 g/mol. The third-order valence-corrected chi connectivity index (χ3v) is 3.77. The summed E-state index contributed by atoms with van der Waals surface area (Å²) in [7, 11) is 0. The van der Waals surface area contributed by atoms with Gasteiger partial charge in [0.25, 0.3) is 0 Å². The molecule has 0 unspecified atom stereocenters. The van der Waals surface area contributed by atoms with Crippen LogP contribution >= 0.6 is 15.9 Å². The van der Waals surface area contributed by atoms with Crippen molar-refractivity contribution >= 4 is 27.3 Å². The fraction of sp³-hybridized carbons (Fsp3) is 0.333. The Hall–Kier alpha value is -1.48. The molecule has 0 radical (unpaired) electrons. The Bertz CT molecular complexity index is 662. The van der Waals surface area contributed by atoms with Gasteiger partial charge in [-0.1, -0.05) is 45.0 Å². The van der Waals surface area contributed by atoms with E-state index in [4.69, 9.17) is 4.99 Å². The molecule has 0 spiro atoms. The van der Waals surface area contributed by atoms with Crippen LogP contribution in [0.1, 0.15) is 37.6 Å². The molecule has 0 bridgehead atoms. The predicted octanol–water partition coefficient (Wildman–Crippen LogP) is 5.63. The topological polar surface area (TPSA) is 25.2 Å². The van der Waals surface area contributed by atoms with Crippen LogP contribution in [0.2, 0.25) is 0 Å². The molecular formula is C18H21BrN2. The molecule has 0 fully saturated rings. The highest BCUT2D eigenvalue weighted by Gasteiger charge is 2.22. The summed E-state index contributed by atoms with van der Waals surface area (Å²) in [5.41, 5.74) is 5.26. The van der Waals surface area contributed by atoms with E-state index < -0.39 is 0 Å². The van der Waals surface area contributed by atoms with Crippen molar-refractivity contribution in [2.45, 2.75) is 34.6 Å². The van der Waals surface area contributed by atoms with Crippen LogP contribution in [-0.2, 0) is 0 Å². The van der Waals surface area contributed by atoms with Crippen LogP contribution in [0.25, 0.3) is 0 Å². The first-order valence-corrected chi connectivity index (χ1v) is 7.86. The SMILES string of the molecule is Cc1cccc(C)c1N=C(c1cccc(Br)n1)C(C)(C)C. The molecule has 0 amide bonds. The van der Waals surface area contributed by atoms with Gasteiger partial charge < -0.3 is 0 Å². The Labute approximate surface area is 135 Å². The van der Waals surface area contributed by atoms with E-state index in [2.05, 4.69) is 73.7 Å². The molecule has 1 aromatic carbocycles. The number of rotatable bonds is 2. The van der Waals surface area contributed by atoms with E-state index in [-0.39, 0.29) is 5.41 Å². The van der Waals surface area contributed by atoms with Crippen molar-refractivity contribution in [3.8, 4) is 0 Å². The first-order valence-electron chi connectivity index (χ1n) is 7.07. The first kappa shape index (κ1) is 15.9. The predicted molar refractivity (Wildman–Crippen MR) is 93.5 cm³/mol. The lowest BCUT2D eigenvalue weighted by atomic mass is 9.87. The van der Waals surface area contributed by atoms with Gasteiger partial charge >= 0.3 is 0 Å². The van der Waals surface area contributed by atoms with Crippen LogP contribution in [0.5, 0.6) is 0 Å². The van der Waals surface area contributed by atoms with Crippen LogP contribution in [-0.4, -0.2) is 10.7 Å². The summed E-state index contributed by atoms with van der Waals surface area (Å²) in [6, 6.07) is 12.2. The lowest BCUT2D eigenvalue weighted by Crippen LogP contribution is -2.22. The Morgan fingerprint density at radius 2 is 1.57 bits per heavy atom. The summed E-state index contributed by atoms with van der Waals surface area (Å²) in [6.07, 6.45) is 0. The van der Waals surface area contributed by atoms with Gasteiger partial charge in [-0.25, -0.2) is 4.98 Å². The zero-order chi connectivity index (χ0) is 15.6. The maximum atomic E-state index is 4.97. The normalized spacial score (nSPS) is 12.6. The van der Waals surface area contributed by atoms with Gasteiger partial charge in [0.05, 0.1) is 17.1 Å². The summed E-state index contributed by atoms with van der Waals surface area (Å²) in [5, 5.41) is 0. The second-order valence-electron chi connectivity index (χ2n) is 6.30. The number of halogens is 1. The zero-order valence-electron chi connectivity index (χ0n) is 13.2. The Balaban J connectivity index is 2.64. The minimum Gasteiger partial charge on any atom is -0.250 e. The van der Waals surface area contributed by atoms with Gasteiger partial charge in [0.1, 0.15) is 4.60 Å². The molecule has 1 heterocycles. The molecule has 0 aliphatic carbocycles. The molecule has 0 N–H and O–H groups in total. The van der Waals surface area contributed by atoms with Gasteiger partial charge in [0.15, 0.2) is 0 Å². The second-order valence-corrected chi connectivity index (χ2v) is 7.11. The van der Waals surface area contributed by atoms with E-state index in [1.54, 1.807) is 0 Å². The number of nitrogens with zero attached hydrogens (tertiary/aromatic N) is 2. The number of pyridine rings is 1. The van der Waals surface area contributed by atoms with Gasteiger partial charge in [0, 0.05) is 5.41 Å². The Morgan fingerprint density at radius 3 is 2.10 bits per heavy atom. The van der Waals surface area contributed by atoms with Crippen molar-refractivity contribution in [1.29, 1.82) is 0 Å². The zero-order valence-corrected chi connectivity index (χ0v) is 14.8. The first-order chi connectivity index (χ1) is 9.79. The summed E-state index contributed by atoms with van der Waals surface area (Å²) < 4.78 is 0.832. The third-order valence-electron chi connectivity index (χ3n) is 3.33. The molecular weight excluding hydrogens is 324 g/mol. The number of aryl methyl sites for hydroxylation is 2. The molecule has 0 saturated carbocycles. The fourth-order valence-electron chi connectivity index (χ4n) is 2.24. The molecule has 3 heteroatoms. The number of benzene rings is 1. The van der Waals surface area contributed by atoms with Gasteiger partial charge in [0.2, 0.25) is 0 Å². The van der Waals surface area contributed by atoms with Crippen molar-refractivity contribution < 1.29 is 0 Å². The minimum atomic E-state index is -0.0808. The maximum Gasteiger partial charge on any atom is 0.106 e. The molecule has 1 aromatic heterocycles. The van der Waals surface area contributed by atoms with Crippen molar-refractivity contribution in [3.63, 3.8) is 0 Å². The van der Waals surface area contributed by atoms with E-state index >= 15 is 0 Å². The van der Waals surface area contributed by atoms with Gasteiger partial charge in [-0.05, 0) is 53.0 Å². The molecule has 21 heavy (non-hydrogen) atoms. The van der Waals surface area contributed by atoms with E-state index in [0.29, 0.717) is 0 Å². The van der Waals surface area contributed by atoms with Crippen molar-refractivity contribution in [1.82, 2.24) is 4.98 Å². The molecule has 0 saturated heterocycles. The summed E-state index contributed by atoms with van der Waals surface area (Å²) >= 11 is 3.45. The van der Waals surface area contributed by atoms with E-state index in [1.165, 1.54) is 11.1 Å². The Kier molecular flexibility index (Phi) is 4.62. The van der Waals surface area contributed by atoms with E-state index in [1.807, 2.05) is 18.2 Å². The number of hydrogen-bond donors (Lipinski definition) is 0. The molecule has 2 rings (SSSR count). The average molecular weight is 345 g/mol. The molecule has 0 atom stereocenters. The van der Waals surface area contributed by atoms with E-state index in [0.717, 1.165) is 21.7 Å². The van der Waals surface area contributed by atoms with Crippen molar-refractivity contribution in [3.05, 3.63) is 57.8 Å². The van der Waals surface area contributed by atoms with Gasteiger partial charge in [-0.2, -0.15) is 0 Å². The lowest BCUT2D eigenvalue weighted by Gasteiger charge is -2.22. The largest absolute Gasteiger partial charge is 0.250 e. The second kappa shape index (κ2) is 6.10.